The standard InChI is InChI=1S/C15H15BrFNO/c16-13-6-7-14(17)12(8-13)9-18-15(10-19)11-4-2-1-3-5-11/h1-8,15,18-19H,9-10H2/t15-/m0/s1. The van der Waals surface area contributed by atoms with Crippen molar-refractivity contribution in [1.29, 1.82) is 0 Å². The second-order valence-electron chi connectivity index (χ2n) is 4.26. The lowest BCUT2D eigenvalue weighted by Crippen LogP contribution is -2.24. The first-order valence-electron chi connectivity index (χ1n) is 6.04. The molecule has 0 aliphatic rings. The highest BCUT2D eigenvalue weighted by Gasteiger charge is 2.10. The van der Waals surface area contributed by atoms with Crippen LogP contribution in [-0.4, -0.2) is 11.7 Å². The van der Waals surface area contributed by atoms with Crippen molar-refractivity contribution in [2.75, 3.05) is 6.61 Å². The lowest BCUT2D eigenvalue weighted by atomic mass is 10.1. The minimum absolute atomic E-state index is 0.0281. The van der Waals surface area contributed by atoms with Crippen LogP contribution in [0.5, 0.6) is 0 Å². The van der Waals surface area contributed by atoms with E-state index in [9.17, 15) is 9.50 Å². The monoisotopic (exact) mass is 323 g/mol. The van der Waals surface area contributed by atoms with E-state index in [2.05, 4.69) is 21.2 Å². The second-order valence-corrected chi connectivity index (χ2v) is 5.18. The van der Waals surface area contributed by atoms with Crippen molar-refractivity contribution in [3.05, 3.63) is 69.9 Å². The fourth-order valence-corrected chi connectivity index (χ4v) is 2.29. The van der Waals surface area contributed by atoms with Crippen molar-refractivity contribution in [3.8, 4) is 0 Å². The third kappa shape index (κ3) is 3.86. The molecule has 0 unspecified atom stereocenters. The highest BCUT2D eigenvalue weighted by atomic mass is 79.9. The van der Waals surface area contributed by atoms with Crippen molar-refractivity contribution in [2.24, 2.45) is 0 Å². The van der Waals surface area contributed by atoms with Gasteiger partial charge in [0.2, 0.25) is 0 Å². The summed E-state index contributed by atoms with van der Waals surface area (Å²) in [6.07, 6.45) is 0. The van der Waals surface area contributed by atoms with E-state index in [1.807, 2.05) is 30.3 Å². The molecule has 2 rings (SSSR count). The molecule has 0 aliphatic heterocycles. The van der Waals surface area contributed by atoms with E-state index in [0.717, 1.165) is 10.0 Å². The Morgan fingerprint density at radius 2 is 1.89 bits per heavy atom. The molecule has 0 saturated carbocycles. The molecule has 0 aromatic heterocycles. The van der Waals surface area contributed by atoms with Crippen LogP contribution in [0.1, 0.15) is 17.2 Å². The van der Waals surface area contributed by atoms with Crippen LogP contribution in [0.15, 0.2) is 53.0 Å². The third-order valence-corrected chi connectivity index (χ3v) is 3.42. The van der Waals surface area contributed by atoms with Gasteiger partial charge in [0.05, 0.1) is 12.6 Å². The van der Waals surface area contributed by atoms with Crippen molar-refractivity contribution < 1.29 is 9.50 Å². The zero-order valence-corrected chi connectivity index (χ0v) is 11.9. The fraction of sp³-hybridized carbons (Fsp3) is 0.200. The van der Waals surface area contributed by atoms with E-state index in [0.29, 0.717) is 12.1 Å². The summed E-state index contributed by atoms with van der Waals surface area (Å²) in [5, 5.41) is 12.6. The van der Waals surface area contributed by atoms with E-state index < -0.39 is 0 Å². The minimum atomic E-state index is -0.250. The summed E-state index contributed by atoms with van der Waals surface area (Å²) in [6.45, 7) is 0.338. The van der Waals surface area contributed by atoms with Crippen LogP contribution in [-0.2, 0) is 6.54 Å². The second kappa shape index (κ2) is 6.80. The molecule has 4 heteroatoms. The Hall–Kier alpha value is -1.23. The van der Waals surface area contributed by atoms with Crippen molar-refractivity contribution >= 4 is 15.9 Å². The van der Waals surface area contributed by atoms with E-state index in [1.54, 1.807) is 12.1 Å². The quantitative estimate of drug-likeness (QED) is 0.883. The average molecular weight is 324 g/mol. The van der Waals surface area contributed by atoms with Gasteiger partial charge in [0, 0.05) is 16.6 Å². The van der Waals surface area contributed by atoms with E-state index in [-0.39, 0.29) is 18.5 Å². The van der Waals surface area contributed by atoms with Gasteiger partial charge in [-0.3, -0.25) is 0 Å². The summed E-state index contributed by atoms with van der Waals surface area (Å²) in [7, 11) is 0. The number of aliphatic hydroxyl groups is 1. The van der Waals surface area contributed by atoms with Gasteiger partial charge in [-0.05, 0) is 23.8 Å². The molecule has 0 radical (unpaired) electrons. The molecule has 2 aromatic rings. The molecule has 2 nitrogen and oxygen atoms in total. The summed E-state index contributed by atoms with van der Waals surface area (Å²) >= 11 is 3.32. The van der Waals surface area contributed by atoms with Crippen LogP contribution >= 0.6 is 15.9 Å². The van der Waals surface area contributed by atoms with Crippen LogP contribution in [0.4, 0.5) is 4.39 Å². The highest BCUT2D eigenvalue weighted by Crippen LogP contribution is 2.17. The predicted octanol–water partition coefficient (Wildman–Crippen LogP) is 3.41. The Bertz CT molecular complexity index is 533. The Balaban J connectivity index is 2.06. The van der Waals surface area contributed by atoms with Gasteiger partial charge in [0.1, 0.15) is 5.82 Å². The first-order chi connectivity index (χ1) is 9.20. The molecule has 0 bridgehead atoms. The van der Waals surface area contributed by atoms with Crippen LogP contribution < -0.4 is 5.32 Å². The lowest BCUT2D eigenvalue weighted by molar-refractivity contribution is 0.243. The van der Waals surface area contributed by atoms with E-state index in [4.69, 9.17) is 0 Å². The first kappa shape index (κ1) is 14.2. The number of rotatable bonds is 5. The van der Waals surface area contributed by atoms with Gasteiger partial charge in [-0.1, -0.05) is 46.3 Å². The summed E-state index contributed by atoms with van der Waals surface area (Å²) in [5.74, 6) is -0.250. The first-order valence-corrected chi connectivity index (χ1v) is 6.83. The molecule has 0 aliphatic carbocycles. The molecular weight excluding hydrogens is 309 g/mol. The maximum Gasteiger partial charge on any atom is 0.127 e. The van der Waals surface area contributed by atoms with Crippen molar-refractivity contribution in [3.63, 3.8) is 0 Å². The SMILES string of the molecule is OC[C@H](NCc1cc(Br)ccc1F)c1ccccc1. The molecule has 2 aromatic carbocycles. The normalized spacial score (nSPS) is 12.4. The Morgan fingerprint density at radius 3 is 2.58 bits per heavy atom. The smallest absolute Gasteiger partial charge is 0.127 e. The van der Waals surface area contributed by atoms with Crippen LogP contribution in [0.2, 0.25) is 0 Å². The number of benzene rings is 2. The molecule has 0 fully saturated rings. The summed E-state index contributed by atoms with van der Waals surface area (Å²) in [6, 6.07) is 14.3. The maximum atomic E-state index is 13.6. The molecule has 1 atom stereocenters. The predicted molar refractivity (Wildman–Crippen MR) is 77.2 cm³/mol. The van der Waals surface area contributed by atoms with Crippen LogP contribution in [0.3, 0.4) is 0 Å². The summed E-state index contributed by atoms with van der Waals surface area (Å²) in [5.41, 5.74) is 1.56. The molecule has 2 N–H and O–H groups in total. The Labute approximate surface area is 120 Å². The average Bonchev–Trinajstić information content (AvgIpc) is 2.44. The zero-order valence-electron chi connectivity index (χ0n) is 10.3. The minimum Gasteiger partial charge on any atom is -0.394 e. The van der Waals surface area contributed by atoms with Gasteiger partial charge >= 0.3 is 0 Å². The zero-order chi connectivity index (χ0) is 13.7. The molecular formula is C15H15BrFNO. The topological polar surface area (TPSA) is 32.3 Å². The van der Waals surface area contributed by atoms with Gasteiger partial charge in [-0.2, -0.15) is 0 Å². The fourth-order valence-electron chi connectivity index (χ4n) is 1.89. The lowest BCUT2D eigenvalue weighted by Gasteiger charge is -2.17. The molecule has 19 heavy (non-hydrogen) atoms. The molecule has 0 heterocycles. The van der Waals surface area contributed by atoms with Gasteiger partial charge in [0.15, 0.2) is 0 Å². The molecule has 100 valence electrons. The van der Waals surface area contributed by atoms with Crippen molar-refractivity contribution in [1.82, 2.24) is 5.32 Å². The van der Waals surface area contributed by atoms with E-state index >= 15 is 0 Å². The maximum absolute atomic E-state index is 13.6. The van der Waals surface area contributed by atoms with Crippen LogP contribution in [0.25, 0.3) is 0 Å². The Morgan fingerprint density at radius 1 is 1.16 bits per heavy atom. The number of hydrogen-bond donors (Lipinski definition) is 2. The molecule has 0 amide bonds. The van der Waals surface area contributed by atoms with Gasteiger partial charge in [0.25, 0.3) is 0 Å². The van der Waals surface area contributed by atoms with Gasteiger partial charge < -0.3 is 10.4 Å². The summed E-state index contributed by atoms with van der Waals surface area (Å²) < 4.78 is 14.4. The van der Waals surface area contributed by atoms with Gasteiger partial charge in [-0.15, -0.1) is 0 Å². The summed E-state index contributed by atoms with van der Waals surface area (Å²) in [4.78, 5) is 0. The largest absolute Gasteiger partial charge is 0.394 e. The Kier molecular flexibility index (Phi) is 5.07. The van der Waals surface area contributed by atoms with Gasteiger partial charge in [-0.25, -0.2) is 4.39 Å². The molecule has 0 spiro atoms. The number of aliphatic hydroxyl groups excluding tert-OH is 1. The van der Waals surface area contributed by atoms with Crippen LogP contribution in [0, 0.1) is 5.82 Å². The van der Waals surface area contributed by atoms with E-state index in [1.165, 1.54) is 6.07 Å². The third-order valence-electron chi connectivity index (χ3n) is 2.93. The number of nitrogens with one attached hydrogen (secondary N) is 1. The van der Waals surface area contributed by atoms with Crippen molar-refractivity contribution in [2.45, 2.75) is 12.6 Å². The number of hydrogen-bond acceptors (Lipinski definition) is 2. The number of halogens is 2. The highest BCUT2D eigenvalue weighted by molar-refractivity contribution is 9.10. The molecule has 0 saturated heterocycles.